The number of aromatic nitrogens is 2. The molecule has 0 spiro atoms. The zero-order valence-corrected chi connectivity index (χ0v) is 11.4. The summed E-state index contributed by atoms with van der Waals surface area (Å²) >= 11 is 1.59. The Kier molecular flexibility index (Phi) is 3.27. The minimum absolute atomic E-state index is 0.531. The molecule has 0 radical (unpaired) electrons. The first-order valence-electron chi connectivity index (χ1n) is 6.16. The highest BCUT2D eigenvalue weighted by molar-refractivity contribution is 7.09. The molecule has 4 heteroatoms. The first kappa shape index (κ1) is 12.3. The Labute approximate surface area is 115 Å². The number of aliphatic hydroxyl groups is 1. The van der Waals surface area contributed by atoms with Gasteiger partial charge in [0.15, 0.2) is 0 Å². The number of hydrogen-bond donors (Lipinski definition) is 1. The van der Waals surface area contributed by atoms with E-state index in [0.29, 0.717) is 6.42 Å². The largest absolute Gasteiger partial charge is 0.388 e. The molecule has 0 saturated carbocycles. The lowest BCUT2D eigenvalue weighted by atomic mass is 10.0. The molecule has 2 aromatic heterocycles. The summed E-state index contributed by atoms with van der Waals surface area (Å²) in [6.07, 6.45) is 1.79. The maximum atomic E-state index is 10.3. The maximum absolute atomic E-state index is 10.3. The third-order valence-electron chi connectivity index (χ3n) is 3.05. The number of nitrogens with zero attached hydrogens (tertiary/aromatic N) is 2. The summed E-state index contributed by atoms with van der Waals surface area (Å²) in [7, 11) is 0. The van der Waals surface area contributed by atoms with Gasteiger partial charge in [0.1, 0.15) is 0 Å². The van der Waals surface area contributed by atoms with E-state index in [4.69, 9.17) is 0 Å². The lowest BCUT2D eigenvalue weighted by Gasteiger charge is -2.10. The monoisotopic (exact) mass is 270 g/mol. The maximum Gasteiger partial charge on any atom is 0.0957 e. The van der Waals surface area contributed by atoms with Crippen LogP contribution in [0.2, 0.25) is 0 Å². The van der Waals surface area contributed by atoms with E-state index in [9.17, 15) is 5.11 Å². The normalized spacial score (nSPS) is 12.7. The quantitative estimate of drug-likeness (QED) is 0.794. The second-order valence-electron chi connectivity index (χ2n) is 4.56. The molecule has 3 rings (SSSR count). The number of benzene rings is 1. The van der Waals surface area contributed by atoms with E-state index in [-0.39, 0.29) is 0 Å². The van der Waals surface area contributed by atoms with Gasteiger partial charge in [0.2, 0.25) is 0 Å². The average molecular weight is 270 g/mol. The molecule has 0 amide bonds. The highest BCUT2D eigenvalue weighted by atomic mass is 32.1. The van der Waals surface area contributed by atoms with Crippen LogP contribution in [0.25, 0.3) is 10.9 Å². The van der Waals surface area contributed by atoms with Gasteiger partial charge in [-0.1, -0.05) is 18.2 Å². The lowest BCUT2D eigenvalue weighted by molar-refractivity contribution is 0.178. The van der Waals surface area contributed by atoms with Gasteiger partial charge in [0.25, 0.3) is 0 Å². The van der Waals surface area contributed by atoms with Gasteiger partial charge in [-0.25, -0.2) is 4.98 Å². The second-order valence-corrected chi connectivity index (χ2v) is 5.50. The number of aryl methyl sites for hydroxylation is 1. The number of fused-ring (bicyclic) bond motifs is 1. The summed E-state index contributed by atoms with van der Waals surface area (Å²) in [4.78, 5) is 8.69. The molecule has 0 bridgehead atoms. The Bertz CT molecular complexity index is 708. The van der Waals surface area contributed by atoms with Gasteiger partial charge in [0.05, 0.1) is 16.6 Å². The molecule has 19 heavy (non-hydrogen) atoms. The number of hydrogen-bond acceptors (Lipinski definition) is 4. The van der Waals surface area contributed by atoms with Crippen molar-refractivity contribution in [2.24, 2.45) is 0 Å². The molecule has 0 aliphatic heterocycles. The molecule has 1 N–H and O–H groups in total. The minimum atomic E-state index is -0.531. The van der Waals surface area contributed by atoms with E-state index in [2.05, 4.69) is 9.97 Å². The average Bonchev–Trinajstić information content (AvgIpc) is 2.83. The predicted octanol–water partition coefficient (Wildman–Crippen LogP) is 3.28. The summed E-state index contributed by atoms with van der Waals surface area (Å²) in [6.45, 7) is 1.96. The highest BCUT2D eigenvalue weighted by Crippen LogP contribution is 2.23. The van der Waals surface area contributed by atoms with Crippen molar-refractivity contribution in [1.82, 2.24) is 9.97 Å². The van der Waals surface area contributed by atoms with Crippen molar-refractivity contribution in [3.63, 3.8) is 0 Å². The van der Waals surface area contributed by atoms with Crippen LogP contribution in [0.1, 0.15) is 22.4 Å². The van der Waals surface area contributed by atoms with Crippen molar-refractivity contribution >= 4 is 22.2 Å². The summed E-state index contributed by atoms with van der Waals surface area (Å²) in [5.74, 6) is 0. The molecule has 0 aliphatic rings. The van der Waals surface area contributed by atoms with Crippen LogP contribution in [-0.2, 0) is 6.42 Å². The van der Waals surface area contributed by atoms with Crippen molar-refractivity contribution in [3.8, 4) is 0 Å². The van der Waals surface area contributed by atoms with Crippen LogP contribution < -0.4 is 0 Å². The summed E-state index contributed by atoms with van der Waals surface area (Å²) in [5.41, 5.74) is 2.81. The standard InChI is InChI=1S/C15H14N2OS/c1-10-9-19-15(17-10)8-14(18)12-5-4-11-3-2-6-16-13(11)7-12/h2-7,9,14,18H,8H2,1H3. The van der Waals surface area contributed by atoms with Gasteiger partial charge in [0, 0.05) is 29.1 Å². The molecule has 3 aromatic rings. The molecule has 96 valence electrons. The SMILES string of the molecule is Cc1csc(CC(O)c2ccc3cccnc3c2)n1. The van der Waals surface area contributed by atoms with E-state index in [1.54, 1.807) is 17.5 Å². The highest BCUT2D eigenvalue weighted by Gasteiger charge is 2.11. The van der Waals surface area contributed by atoms with Crippen LogP contribution in [0.15, 0.2) is 41.9 Å². The third-order valence-corrected chi connectivity index (χ3v) is 4.04. The van der Waals surface area contributed by atoms with E-state index in [0.717, 1.165) is 27.2 Å². The van der Waals surface area contributed by atoms with E-state index < -0.39 is 6.10 Å². The van der Waals surface area contributed by atoms with Gasteiger partial charge < -0.3 is 5.11 Å². The first-order valence-corrected chi connectivity index (χ1v) is 7.04. The molecule has 1 unspecified atom stereocenters. The Morgan fingerprint density at radius 2 is 2.21 bits per heavy atom. The second kappa shape index (κ2) is 5.07. The molecular formula is C15H14N2OS. The van der Waals surface area contributed by atoms with Gasteiger partial charge in [-0.2, -0.15) is 0 Å². The van der Waals surface area contributed by atoms with E-state index >= 15 is 0 Å². The number of aliphatic hydroxyl groups excluding tert-OH is 1. The third kappa shape index (κ3) is 2.64. The van der Waals surface area contributed by atoms with Crippen molar-refractivity contribution in [2.45, 2.75) is 19.4 Å². The lowest BCUT2D eigenvalue weighted by Crippen LogP contribution is -2.01. The van der Waals surface area contributed by atoms with Crippen LogP contribution in [-0.4, -0.2) is 15.1 Å². The summed E-state index contributed by atoms with van der Waals surface area (Å²) in [5, 5.41) is 14.3. The molecule has 0 saturated heterocycles. The Balaban J connectivity index is 1.86. The topological polar surface area (TPSA) is 46.0 Å². The van der Waals surface area contributed by atoms with Gasteiger partial charge >= 0.3 is 0 Å². The molecule has 2 heterocycles. The number of rotatable bonds is 3. The zero-order valence-electron chi connectivity index (χ0n) is 10.6. The van der Waals surface area contributed by atoms with Crippen LogP contribution in [0.5, 0.6) is 0 Å². The fourth-order valence-electron chi connectivity index (χ4n) is 2.07. The van der Waals surface area contributed by atoms with Gasteiger partial charge in [-0.05, 0) is 24.6 Å². The first-order chi connectivity index (χ1) is 9.22. The van der Waals surface area contributed by atoms with E-state index in [1.807, 2.05) is 42.6 Å². The Morgan fingerprint density at radius 3 is 3.00 bits per heavy atom. The van der Waals surface area contributed by atoms with Crippen LogP contribution >= 0.6 is 11.3 Å². The molecular weight excluding hydrogens is 256 g/mol. The Morgan fingerprint density at radius 1 is 1.32 bits per heavy atom. The molecule has 0 fully saturated rings. The number of thiazole rings is 1. The van der Waals surface area contributed by atoms with Crippen LogP contribution in [0.3, 0.4) is 0 Å². The van der Waals surface area contributed by atoms with Crippen LogP contribution in [0.4, 0.5) is 0 Å². The summed E-state index contributed by atoms with van der Waals surface area (Å²) < 4.78 is 0. The van der Waals surface area contributed by atoms with Crippen molar-refractivity contribution in [1.29, 1.82) is 0 Å². The van der Waals surface area contributed by atoms with Crippen molar-refractivity contribution in [2.75, 3.05) is 0 Å². The van der Waals surface area contributed by atoms with Crippen molar-refractivity contribution in [3.05, 3.63) is 58.2 Å². The molecule has 1 aromatic carbocycles. The summed E-state index contributed by atoms with van der Waals surface area (Å²) in [6, 6.07) is 9.82. The van der Waals surface area contributed by atoms with Gasteiger partial charge in [-0.3, -0.25) is 4.98 Å². The number of pyridine rings is 1. The fourth-order valence-corrected chi connectivity index (χ4v) is 2.88. The predicted molar refractivity (Wildman–Crippen MR) is 77.3 cm³/mol. The smallest absolute Gasteiger partial charge is 0.0957 e. The minimum Gasteiger partial charge on any atom is -0.388 e. The molecule has 0 aliphatic carbocycles. The van der Waals surface area contributed by atoms with Crippen molar-refractivity contribution < 1.29 is 5.11 Å². The Hall–Kier alpha value is -1.78. The van der Waals surface area contributed by atoms with E-state index in [1.165, 1.54) is 0 Å². The zero-order chi connectivity index (χ0) is 13.2. The molecule has 1 atom stereocenters. The van der Waals surface area contributed by atoms with Crippen LogP contribution in [0, 0.1) is 6.92 Å². The molecule has 3 nitrogen and oxygen atoms in total. The fraction of sp³-hybridized carbons (Fsp3) is 0.200. The van der Waals surface area contributed by atoms with Gasteiger partial charge in [-0.15, -0.1) is 11.3 Å².